The van der Waals surface area contributed by atoms with E-state index < -0.39 is 41.5 Å². The number of aliphatic imine (C=N–C) groups is 1. The Hall–Kier alpha value is -4.81. The van der Waals surface area contributed by atoms with E-state index in [1.54, 1.807) is 12.1 Å². The Labute approximate surface area is 283 Å². The Morgan fingerprint density at radius 2 is 1.59 bits per heavy atom. The quantitative estimate of drug-likeness (QED) is 0.171. The number of nitrogens with one attached hydrogen (secondary N) is 1. The predicted octanol–water partition coefficient (Wildman–Crippen LogP) is 4.20. The van der Waals surface area contributed by atoms with Crippen LogP contribution in [0.5, 0.6) is 0 Å². The molecule has 1 aromatic heterocycles. The van der Waals surface area contributed by atoms with Gasteiger partial charge in [0.1, 0.15) is 5.71 Å². The number of hydrogen-bond acceptors (Lipinski definition) is 11. The molecule has 258 valence electrons. The molecule has 49 heavy (non-hydrogen) atoms. The minimum atomic E-state index is -4.89. The Balaban J connectivity index is 1.43. The molecular weight excluding hydrogens is 675 g/mol. The maximum absolute atomic E-state index is 12.9. The highest BCUT2D eigenvalue weighted by Gasteiger charge is 2.35. The second-order valence-electron chi connectivity index (χ2n) is 12.3. The van der Waals surface area contributed by atoms with Crippen molar-refractivity contribution in [3.8, 4) is 11.4 Å². The molecule has 5 rings (SSSR count). The van der Waals surface area contributed by atoms with Crippen LogP contribution in [0.1, 0.15) is 49.4 Å². The summed E-state index contributed by atoms with van der Waals surface area (Å²) in [5, 5.41) is 21.2. The van der Waals surface area contributed by atoms with Crippen molar-refractivity contribution < 1.29 is 35.8 Å². The molecule has 0 aliphatic carbocycles. The highest BCUT2D eigenvalue weighted by atomic mass is 32.2. The normalized spacial score (nSPS) is 14.1. The van der Waals surface area contributed by atoms with E-state index in [2.05, 4.69) is 15.3 Å². The maximum atomic E-state index is 12.9. The summed E-state index contributed by atoms with van der Waals surface area (Å²) in [5.74, 6) is -0.110. The summed E-state index contributed by atoms with van der Waals surface area (Å²) < 4.78 is 65.3. The van der Waals surface area contributed by atoms with E-state index in [1.165, 1.54) is 16.9 Å². The Kier molecular flexibility index (Phi) is 9.59. The molecule has 0 fully saturated rings. The Morgan fingerprint density at radius 3 is 2.12 bits per heavy atom. The van der Waals surface area contributed by atoms with Gasteiger partial charge in [0.2, 0.25) is 5.82 Å². The number of aryl methyl sites for hydroxylation is 1. The first-order valence-corrected chi connectivity index (χ1v) is 17.9. The van der Waals surface area contributed by atoms with Gasteiger partial charge in [0.05, 0.1) is 27.8 Å². The molecule has 0 spiro atoms. The van der Waals surface area contributed by atoms with E-state index in [9.17, 15) is 35.8 Å². The van der Waals surface area contributed by atoms with E-state index in [0.717, 1.165) is 35.6 Å². The smallest absolute Gasteiger partial charge is 0.294 e. The minimum absolute atomic E-state index is 0.0479. The predicted molar refractivity (Wildman–Crippen MR) is 184 cm³/mol. The van der Waals surface area contributed by atoms with Crippen LogP contribution in [0, 0.1) is 12.3 Å². The van der Waals surface area contributed by atoms with Gasteiger partial charge in [0.25, 0.3) is 26.1 Å². The van der Waals surface area contributed by atoms with Crippen molar-refractivity contribution >= 4 is 54.6 Å². The molecule has 0 bridgehead atoms. The topological polar surface area (TPSA) is 217 Å². The van der Waals surface area contributed by atoms with Gasteiger partial charge in [-0.3, -0.25) is 13.9 Å². The van der Waals surface area contributed by atoms with Gasteiger partial charge < -0.3 is 15.3 Å². The van der Waals surface area contributed by atoms with Crippen LogP contribution in [0.15, 0.2) is 80.5 Å². The van der Waals surface area contributed by atoms with E-state index in [-0.39, 0.29) is 17.7 Å². The number of aromatic nitrogens is 3. The average molecular weight is 710 g/mol. The molecule has 17 heteroatoms. The fourth-order valence-corrected chi connectivity index (χ4v) is 6.26. The zero-order valence-electron chi connectivity index (χ0n) is 27.3. The number of hydrogen-bond donors (Lipinski definition) is 4. The van der Waals surface area contributed by atoms with Crippen molar-refractivity contribution in [2.45, 2.75) is 44.4 Å². The van der Waals surface area contributed by atoms with Gasteiger partial charge in [0, 0.05) is 41.0 Å². The Bertz CT molecular complexity index is 2170. The fourth-order valence-electron chi connectivity index (χ4n) is 5.08. The molecule has 4 aromatic rings. The number of aliphatic hydroxyl groups excluding tert-OH is 1. The van der Waals surface area contributed by atoms with Crippen molar-refractivity contribution in [2.75, 3.05) is 29.9 Å². The lowest BCUT2D eigenvalue weighted by Gasteiger charge is -2.23. The molecule has 0 unspecified atom stereocenters. The monoisotopic (exact) mass is 709 g/mol. The van der Waals surface area contributed by atoms with Crippen LogP contribution < -0.4 is 10.2 Å². The van der Waals surface area contributed by atoms with Gasteiger partial charge in [-0.25, -0.2) is 9.98 Å². The maximum Gasteiger partial charge on any atom is 0.294 e. The van der Waals surface area contributed by atoms with E-state index in [1.807, 2.05) is 52.8 Å². The van der Waals surface area contributed by atoms with Crippen LogP contribution in [0.2, 0.25) is 0 Å². The lowest BCUT2D eigenvalue weighted by atomic mass is 9.87. The molecule has 0 atom stereocenters. The number of aliphatic hydroxyl groups is 1. The van der Waals surface area contributed by atoms with Crippen LogP contribution in [0.4, 0.5) is 17.1 Å². The van der Waals surface area contributed by atoms with Crippen molar-refractivity contribution in [2.24, 2.45) is 15.5 Å². The standard InChI is InChI=1S/C32H35N7O8S2/c1-6-38(13-14-40)23-11-12-26(19(2)15-23)34-27-28(32(3,4)5)36-39-30(27)35-29(37-39)20-7-9-22(10-8-20)33-31(41)21-16-24(48(42,43)44)18-25(17-21)49(45,46)47/h7-12,15-18,40H,6,13-14H2,1-5H3,(H,33,41)(H,42,43,44)(H,45,46,47)/b34-27-. The second-order valence-corrected chi connectivity index (χ2v) is 15.1. The van der Waals surface area contributed by atoms with Crippen molar-refractivity contribution in [3.05, 3.63) is 77.6 Å². The summed E-state index contributed by atoms with van der Waals surface area (Å²) >= 11 is 0. The van der Waals surface area contributed by atoms with E-state index in [4.69, 9.17) is 15.1 Å². The van der Waals surface area contributed by atoms with Crippen LogP contribution in [0.3, 0.4) is 0 Å². The van der Waals surface area contributed by atoms with E-state index >= 15 is 0 Å². The second kappa shape index (κ2) is 13.2. The van der Waals surface area contributed by atoms with Gasteiger partial charge in [0.15, 0.2) is 5.82 Å². The number of likely N-dealkylation sites (N-methyl/N-ethyl adjacent to an activating group) is 1. The molecule has 2 heterocycles. The molecule has 1 aliphatic heterocycles. The number of carbonyl (C=O) groups excluding carboxylic acids is 1. The van der Waals surface area contributed by atoms with Crippen LogP contribution in [0.25, 0.3) is 11.4 Å². The van der Waals surface area contributed by atoms with Crippen molar-refractivity contribution in [1.82, 2.24) is 14.9 Å². The minimum Gasteiger partial charge on any atom is -0.395 e. The van der Waals surface area contributed by atoms with Crippen molar-refractivity contribution in [1.29, 1.82) is 0 Å². The summed E-state index contributed by atoms with van der Waals surface area (Å²) in [7, 11) is -9.78. The number of anilines is 2. The lowest BCUT2D eigenvalue weighted by Crippen LogP contribution is -2.27. The summed E-state index contributed by atoms with van der Waals surface area (Å²) in [6.45, 7) is 11.4. The van der Waals surface area contributed by atoms with Crippen molar-refractivity contribution in [3.63, 3.8) is 0 Å². The molecule has 0 saturated carbocycles. The highest BCUT2D eigenvalue weighted by molar-refractivity contribution is 7.86. The number of carbonyl (C=O) groups is 1. The van der Waals surface area contributed by atoms with Gasteiger partial charge in [-0.2, -0.15) is 21.9 Å². The SMILES string of the molecule is CCN(CCO)c1ccc(/N=C2/C(C(C)(C)C)=Nn3nc(-c4ccc(NC(=O)c5cc(S(=O)(=O)O)cc(S(=O)(=O)O)c5)cc4)nc32)c(C)c1. The third-order valence-electron chi connectivity index (χ3n) is 7.60. The first-order chi connectivity index (χ1) is 22.9. The highest BCUT2D eigenvalue weighted by Crippen LogP contribution is 2.31. The lowest BCUT2D eigenvalue weighted by molar-refractivity contribution is 0.102. The van der Waals surface area contributed by atoms with Gasteiger partial charge in [-0.05, 0) is 80.1 Å². The molecule has 15 nitrogen and oxygen atoms in total. The average Bonchev–Trinajstić information content (AvgIpc) is 3.59. The third-order valence-corrected chi connectivity index (χ3v) is 9.26. The summed E-state index contributed by atoms with van der Waals surface area (Å²) in [6, 6.07) is 14.4. The van der Waals surface area contributed by atoms with Crippen LogP contribution in [-0.4, -0.2) is 82.9 Å². The molecule has 1 amide bonds. The van der Waals surface area contributed by atoms with E-state index in [0.29, 0.717) is 41.2 Å². The fraction of sp³-hybridized carbons (Fsp3) is 0.281. The number of benzene rings is 3. The number of amides is 1. The zero-order valence-corrected chi connectivity index (χ0v) is 28.9. The summed E-state index contributed by atoms with van der Waals surface area (Å²) in [4.78, 5) is 24.4. The first kappa shape index (κ1) is 35.5. The number of nitrogens with zero attached hydrogens (tertiary/aromatic N) is 6. The van der Waals surface area contributed by atoms with Crippen LogP contribution >= 0.6 is 0 Å². The van der Waals surface area contributed by atoms with Gasteiger partial charge in [-0.15, -0.1) is 9.89 Å². The molecule has 0 saturated heterocycles. The van der Waals surface area contributed by atoms with Gasteiger partial charge >= 0.3 is 0 Å². The molecule has 1 aliphatic rings. The summed E-state index contributed by atoms with van der Waals surface area (Å²) in [6.07, 6.45) is 0. The van der Waals surface area contributed by atoms with Gasteiger partial charge in [-0.1, -0.05) is 20.8 Å². The summed E-state index contributed by atoms with van der Waals surface area (Å²) in [5.41, 5.74) is 3.97. The van der Waals surface area contributed by atoms with Crippen LogP contribution in [-0.2, 0) is 20.2 Å². The molecule has 0 radical (unpaired) electrons. The largest absolute Gasteiger partial charge is 0.395 e. The molecular formula is C32H35N7O8S2. The molecule has 4 N–H and O–H groups in total. The first-order valence-electron chi connectivity index (χ1n) is 15.0. The molecule has 3 aromatic carbocycles. The Morgan fingerprint density at radius 1 is 0.959 bits per heavy atom. The zero-order chi connectivity index (χ0) is 35.9. The third kappa shape index (κ3) is 7.76. The number of fused-ring (bicyclic) bond motifs is 1. The number of rotatable bonds is 10.